The average Bonchev–Trinajstić information content (AvgIpc) is 2.91. The minimum atomic E-state index is -0.0681. The maximum atomic E-state index is 12.2. The van der Waals surface area contributed by atoms with Gasteiger partial charge in [0, 0.05) is 17.1 Å². The first-order valence-electron chi connectivity index (χ1n) is 7.63. The third-order valence-corrected chi connectivity index (χ3v) is 4.58. The number of anilines is 1. The minimum absolute atomic E-state index is 0.0681. The molecule has 2 heterocycles. The Labute approximate surface area is 144 Å². The van der Waals surface area contributed by atoms with E-state index in [4.69, 9.17) is 0 Å². The number of rotatable bonds is 4. The number of aryl methyl sites for hydroxylation is 4. The lowest BCUT2D eigenvalue weighted by molar-refractivity contribution is -0.113. The number of hydrogen-bond donors (Lipinski definition) is 1. The Kier molecular flexibility index (Phi) is 4.53. The lowest BCUT2D eigenvalue weighted by atomic mass is 10.1. The number of amides is 1. The zero-order valence-electron chi connectivity index (χ0n) is 14.1. The molecule has 0 fully saturated rings. The third kappa shape index (κ3) is 3.41. The van der Waals surface area contributed by atoms with Crippen molar-refractivity contribution in [3.63, 3.8) is 0 Å². The number of benzene rings is 1. The first-order chi connectivity index (χ1) is 11.4. The standard InChI is InChI=1S/C17H19N5OS/c1-10-5-6-14(11(2)7-10)19-15(23)9-24-17-21-20-16-18-12(3)8-13(4)22(16)17/h5-8H,9H2,1-4H3,(H,19,23). The molecule has 24 heavy (non-hydrogen) atoms. The summed E-state index contributed by atoms with van der Waals surface area (Å²) >= 11 is 1.35. The summed E-state index contributed by atoms with van der Waals surface area (Å²) in [7, 11) is 0. The second-order valence-corrected chi connectivity index (χ2v) is 6.75. The fourth-order valence-corrected chi connectivity index (χ4v) is 3.35. The minimum Gasteiger partial charge on any atom is -0.325 e. The van der Waals surface area contributed by atoms with Crippen LogP contribution >= 0.6 is 11.8 Å². The molecule has 1 amide bonds. The van der Waals surface area contributed by atoms with Crippen LogP contribution in [0.15, 0.2) is 29.4 Å². The van der Waals surface area contributed by atoms with E-state index in [1.165, 1.54) is 17.3 Å². The van der Waals surface area contributed by atoms with Crippen LogP contribution in [0.4, 0.5) is 5.69 Å². The molecular weight excluding hydrogens is 322 g/mol. The molecule has 0 atom stereocenters. The van der Waals surface area contributed by atoms with E-state index in [-0.39, 0.29) is 11.7 Å². The SMILES string of the molecule is Cc1ccc(NC(=O)CSc2nnc3nc(C)cc(C)n23)c(C)c1. The number of carbonyl (C=O) groups excluding carboxylic acids is 1. The highest BCUT2D eigenvalue weighted by atomic mass is 32.2. The average molecular weight is 341 g/mol. The summed E-state index contributed by atoms with van der Waals surface area (Å²) in [6, 6.07) is 7.93. The lowest BCUT2D eigenvalue weighted by Crippen LogP contribution is -2.15. The van der Waals surface area contributed by atoms with Crippen molar-refractivity contribution >= 4 is 29.1 Å². The van der Waals surface area contributed by atoms with Crippen molar-refractivity contribution in [3.05, 3.63) is 46.8 Å². The molecule has 0 saturated carbocycles. The van der Waals surface area contributed by atoms with Gasteiger partial charge in [0.15, 0.2) is 5.16 Å². The Bertz CT molecular complexity index is 919. The summed E-state index contributed by atoms with van der Waals surface area (Å²) < 4.78 is 1.86. The molecule has 0 spiro atoms. The topological polar surface area (TPSA) is 72.2 Å². The quantitative estimate of drug-likeness (QED) is 0.738. The number of hydrogen-bond acceptors (Lipinski definition) is 5. The molecule has 0 aliphatic heterocycles. The summed E-state index contributed by atoms with van der Waals surface area (Å²) in [6.45, 7) is 7.92. The van der Waals surface area contributed by atoms with E-state index in [2.05, 4.69) is 20.5 Å². The first-order valence-corrected chi connectivity index (χ1v) is 8.62. The fraction of sp³-hybridized carbons (Fsp3) is 0.294. The Hall–Kier alpha value is -2.41. The van der Waals surface area contributed by atoms with E-state index >= 15 is 0 Å². The predicted molar refractivity (Wildman–Crippen MR) is 95.5 cm³/mol. The Morgan fingerprint density at radius 1 is 1.17 bits per heavy atom. The molecule has 0 aliphatic carbocycles. The maximum absolute atomic E-state index is 12.2. The largest absolute Gasteiger partial charge is 0.325 e. The van der Waals surface area contributed by atoms with Gasteiger partial charge in [-0.25, -0.2) is 4.98 Å². The van der Waals surface area contributed by atoms with Crippen molar-refractivity contribution < 1.29 is 4.79 Å². The number of thioether (sulfide) groups is 1. The zero-order valence-corrected chi connectivity index (χ0v) is 14.9. The molecule has 0 saturated heterocycles. The summed E-state index contributed by atoms with van der Waals surface area (Å²) in [5.74, 6) is 0.757. The molecule has 7 heteroatoms. The zero-order chi connectivity index (χ0) is 17.3. The molecule has 0 unspecified atom stereocenters. The number of carbonyl (C=O) groups is 1. The van der Waals surface area contributed by atoms with E-state index in [0.29, 0.717) is 10.9 Å². The number of nitrogens with zero attached hydrogens (tertiary/aromatic N) is 4. The number of nitrogens with one attached hydrogen (secondary N) is 1. The number of fused-ring (bicyclic) bond motifs is 1. The van der Waals surface area contributed by atoms with Crippen molar-refractivity contribution in [2.75, 3.05) is 11.1 Å². The monoisotopic (exact) mass is 341 g/mol. The van der Waals surface area contributed by atoms with Crippen LogP contribution in [0.2, 0.25) is 0 Å². The van der Waals surface area contributed by atoms with Gasteiger partial charge in [-0.3, -0.25) is 9.20 Å². The molecule has 1 aromatic carbocycles. The lowest BCUT2D eigenvalue weighted by Gasteiger charge is -2.09. The maximum Gasteiger partial charge on any atom is 0.256 e. The molecule has 0 bridgehead atoms. The normalized spacial score (nSPS) is 11.0. The van der Waals surface area contributed by atoms with E-state index in [1.54, 1.807) is 0 Å². The fourth-order valence-electron chi connectivity index (χ4n) is 2.56. The summed E-state index contributed by atoms with van der Waals surface area (Å²) in [5, 5.41) is 11.8. The van der Waals surface area contributed by atoms with E-state index in [0.717, 1.165) is 22.6 Å². The highest BCUT2D eigenvalue weighted by Gasteiger charge is 2.12. The smallest absolute Gasteiger partial charge is 0.256 e. The van der Waals surface area contributed by atoms with Gasteiger partial charge in [0.1, 0.15) is 0 Å². The summed E-state index contributed by atoms with van der Waals surface area (Å²) in [6.07, 6.45) is 0. The van der Waals surface area contributed by atoms with Gasteiger partial charge < -0.3 is 5.32 Å². The van der Waals surface area contributed by atoms with Crippen LogP contribution in [0.5, 0.6) is 0 Å². The van der Waals surface area contributed by atoms with E-state index in [9.17, 15) is 4.79 Å². The van der Waals surface area contributed by atoms with Crippen LogP contribution in [0, 0.1) is 27.7 Å². The first kappa shape index (κ1) is 16.4. The van der Waals surface area contributed by atoms with Gasteiger partial charge in [-0.15, -0.1) is 10.2 Å². The second-order valence-electron chi connectivity index (χ2n) is 5.81. The summed E-state index contributed by atoms with van der Waals surface area (Å²) in [5.41, 5.74) is 4.96. The van der Waals surface area contributed by atoms with Crippen LogP contribution in [0.3, 0.4) is 0 Å². The summed E-state index contributed by atoms with van der Waals surface area (Å²) in [4.78, 5) is 16.6. The highest BCUT2D eigenvalue weighted by molar-refractivity contribution is 7.99. The van der Waals surface area contributed by atoms with Crippen LogP contribution in [-0.2, 0) is 4.79 Å². The van der Waals surface area contributed by atoms with Gasteiger partial charge in [0.05, 0.1) is 5.75 Å². The van der Waals surface area contributed by atoms with Gasteiger partial charge >= 0.3 is 0 Å². The number of aromatic nitrogens is 4. The molecular formula is C17H19N5OS. The van der Waals surface area contributed by atoms with Crippen LogP contribution in [0.25, 0.3) is 5.78 Å². The van der Waals surface area contributed by atoms with Crippen LogP contribution in [0.1, 0.15) is 22.5 Å². The van der Waals surface area contributed by atoms with Gasteiger partial charge in [-0.2, -0.15) is 0 Å². The molecule has 124 valence electrons. The molecule has 2 aromatic heterocycles. The highest BCUT2D eigenvalue weighted by Crippen LogP contribution is 2.20. The van der Waals surface area contributed by atoms with Gasteiger partial charge in [-0.1, -0.05) is 29.5 Å². The van der Waals surface area contributed by atoms with Crippen LogP contribution < -0.4 is 5.32 Å². The van der Waals surface area contributed by atoms with E-state index < -0.39 is 0 Å². The van der Waals surface area contributed by atoms with Crippen molar-refractivity contribution in [2.45, 2.75) is 32.9 Å². The second kappa shape index (κ2) is 6.60. The van der Waals surface area contributed by atoms with Gasteiger partial charge in [0.2, 0.25) is 5.91 Å². The Morgan fingerprint density at radius 2 is 1.96 bits per heavy atom. The van der Waals surface area contributed by atoms with Crippen LogP contribution in [-0.4, -0.2) is 31.2 Å². The van der Waals surface area contributed by atoms with E-state index in [1.807, 2.05) is 56.4 Å². The Morgan fingerprint density at radius 3 is 2.71 bits per heavy atom. The van der Waals surface area contributed by atoms with Crippen molar-refractivity contribution in [2.24, 2.45) is 0 Å². The third-order valence-electron chi connectivity index (χ3n) is 3.65. The predicted octanol–water partition coefficient (Wildman–Crippen LogP) is 3.09. The molecule has 3 aromatic rings. The molecule has 6 nitrogen and oxygen atoms in total. The van der Waals surface area contributed by atoms with Gasteiger partial charge in [0.25, 0.3) is 5.78 Å². The van der Waals surface area contributed by atoms with Crippen molar-refractivity contribution in [3.8, 4) is 0 Å². The Balaban J connectivity index is 1.70. The molecule has 3 rings (SSSR count). The van der Waals surface area contributed by atoms with Crippen molar-refractivity contribution in [1.82, 2.24) is 19.6 Å². The molecule has 0 radical (unpaired) electrons. The molecule has 1 N–H and O–H groups in total. The molecule has 0 aliphatic rings. The van der Waals surface area contributed by atoms with Crippen molar-refractivity contribution in [1.29, 1.82) is 0 Å². The van der Waals surface area contributed by atoms with Gasteiger partial charge in [-0.05, 0) is 45.4 Å².